The lowest BCUT2D eigenvalue weighted by atomic mass is 10.1. The fourth-order valence-electron chi connectivity index (χ4n) is 1.65. The Balaban J connectivity index is 2.44. The Morgan fingerprint density at radius 2 is 2.27 bits per heavy atom. The summed E-state index contributed by atoms with van der Waals surface area (Å²) in [5, 5.41) is 9.02. The maximum atomic E-state index is 9.02. The summed E-state index contributed by atoms with van der Waals surface area (Å²) in [6, 6.07) is 1.82. The summed E-state index contributed by atoms with van der Waals surface area (Å²) >= 11 is 0. The summed E-state index contributed by atoms with van der Waals surface area (Å²) in [6.07, 6.45) is 0. The van der Waals surface area contributed by atoms with Crippen molar-refractivity contribution in [3.8, 4) is 5.75 Å². The summed E-state index contributed by atoms with van der Waals surface area (Å²) in [4.78, 5) is 4.24. The minimum absolute atomic E-state index is 0.0580. The standard InChI is InChI=1S/C11H15NO3/c1-7-10-8(4-9(5-13)12-7)6-14-11(2,3)15-10/h4,13H,5-6H2,1-3H3. The number of aliphatic hydroxyl groups is 1. The van der Waals surface area contributed by atoms with Gasteiger partial charge in [0.15, 0.2) is 0 Å². The zero-order valence-corrected chi connectivity index (χ0v) is 9.20. The monoisotopic (exact) mass is 209 g/mol. The van der Waals surface area contributed by atoms with Crippen molar-refractivity contribution >= 4 is 0 Å². The quantitative estimate of drug-likeness (QED) is 0.762. The number of ether oxygens (including phenoxy) is 2. The average Bonchev–Trinajstić information content (AvgIpc) is 2.18. The lowest BCUT2D eigenvalue weighted by Gasteiger charge is -2.33. The van der Waals surface area contributed by atoms with Crippen molar-refractivity contribution in [2.75, 3.05) is 0 Å². The molecule has 0 spiro atoms. The van der Waals surface area contributed by atoms with Crippen molar-refractivity contribution in [2.24, 2.45) is 0 Å². The number of rotatable bonds is 1. The zero-order valence-electron chi connectivity index (χ0n) is 9.20. The maximum Gasteiger partial charge on any atom is 0.205 e. The molecule has 0 saturated heterocycles. The first-order valence-corrected chi connectivity index (χ1v) is 4.95. The Morgan fingerprint density at radius 1 is 1.53 bits per heavy atom. The summed E-state index contributed by atoms with van der Waals surface area (Å²) in [5.74, 6) is 0.184. The number of hydrogen-bond acceptors (Lipinski definition) is 4. The number of fused-ring (bicyclic) bond motifs is 1. The van der Waals surface area contributed by atoms with E-state index in [1.54, 1.807) is 0 Å². The van der Waals surface area contributed by atoms with Crippen LogP contribution in [0.15, 0.2) is 6.07 Å². The molecule has 2 heterocycles. The molecule has 0 aliphatic carbocycles. The summed E-state index contributed by atoms with van der Waals surface area (Å²) in [7, 11) is 0. The van der Waals surface area contributed by atoms with Gasteiger partial charge in [0, 0.05) is 19.4 Å². The molecule has 2 rings (SSSR count). The fourth-order valence-corrected chi connectivity index (χ4v) is 1.65. The highest BCUT2D eigenvalue weighted by Gasteiger charge is 2.29. The molecule has 1 aromatic rings. The van der Waals surface area contributed by atoms with Crippen LogP contribution < -0.4 is 4.74 Å². The summed E-state index contributed by atoms with van der Waals surface area (Å²) in [6.45, 7) is 6.06. The molecule has 0 bridgehead atoms. The Bertz CT molecular complexity index is 388. The largest absolute Gasteiger partial charge is 0.461 e. The van der Waals surface area contributed by atoms with Crippen LogP contribution in [0, 0.1) is 6.92 Å². The molecule has 4 nitrogen and oxygen atoms in total. The van der Waals surface area contributed by atoms with Gasteiger partial charge in [-0.25, -0.2) is 0 Å². The van der Waals surface area contributed by atoms with Gasteiger partial charge in [0.05, 0.1) is 24.6 Å². The lowest BCUT2D eigenvalue weighted by Crippen LogP contribution is -2.36. The van der Waals surface area contributed by atoms with Crippen LogP contribution in [-0.4, -0.2) is 15.9 Å². The third-order valence-electron chi connectivity index (χ3n) is 2.36. The minimum atomic E-state index is -0.597. The van der Waals surface area contributed by atoms with Crippen LogP contribution in [0.2, 0.25) is 0 Å². The zero-order chi connectivity index (χ0) is 11.1. The van der Waals surface area contributed by atoms with E-state index in [9.17, 15) is 0 Å². The molecule has 0 unspecified atom stereocenters. The second-order valence-electron chi connectivity index (χ2n) is 4.14. The predicted octanol–water partition coefficient (Wildman–Crippen LogP) is 1.53. The predicted molar refractivity (Wildman–Crippen MR) is 54.4 cm³/mol. The number of aromatic nitrogens is 1. The molecular formula is C11H15NO3. The van der Waals surface area contributed by atoms with Crippen molar-refractivity contribution in [3.05, 3.63) is 23.0 Å². The molecule has 0 fully saturated rings. The van der Waals surface area contributed by atoms with Gasteiger partial charge in [0.2, 0.25) is 5.79 Å². The summed E-state index contributed by atoms with van der Waals surface area (Å²) in [5.41, 5.74) is 2.40. The highest BCUT2D eigenvalue weighted by molar-refractivity contribution is 5.39. The van der Waals surface area contributed by atoms with Crippen LogP contribution in [0.5, 0.6) is 5.75 Å². The molecule has 0 aromatic carbocycles. The van der Waals surface area contributed by atoms with Crippen LogP contribution in [0.1, 0.15) is 30.8 Å². The topological polar surface area (TPSA) is 51.6 Å². The van der Waals surface area contributed by atoms with Crippen molar-refractivity contribution in [1.82, 2.24) is 4.98 Å². The molecule has 0 saturated carbocycles. The Morgan fingerprint density at radius 3 is 2.93 bits per heavy atom. The van der Waals surface area contributed by atoms with Crippen molar-refractivity contribution in [1.29, 1.82) is 0 Å². The number of nitrogens with zero attached hydrogens (tertiary/aromatic N) is 1. The SMILES string of the molecule is Cc1nc(CO)cc2c1OC(C)(C)OC2. The van der Waals surface area contributed by atoms with E-state index in [1.165, 1.54) is 0 Å². The molecule has 82 valence electrons. The van der Waals surface area contributed by atoms with E-state index in [4.69, 9.17) is 14.6 Å². The van der Waals surface area contributed by atoms with Gasteiger partial charge in [-0.15, -0.1) is 0 Å². The Labute approximate surface area is 88.9 Å². The van der Waals surface area contributed by atoms with Crippen molar-refractivity contribution < 1.29 is 14.6 Å². The normalized spacial score (nSPS) is 18.1. The van der Waals surface area contributed by atoms with E-state index in [0.717, 1.165) is 17.0 Å². The van der Waals surface area contributed by atoms with E-state index in [2.05, 4.69) is 4.98 Å². The van der Waals surface area contributed by atoms with Crippen LogP contribution in [0.3, 0.4) is 0 Å². The first-order chi connectivity index (χ1) is 7.02. The molecular weight excluding hydrogens is 194 g/mol. The van der Waals surface area contributed by atoms with E-state index >= 15 is 0 Å². The first kappa shape index (κ1) is 10.4. The molecule has 1 N–H and O–H groups in total. The minimum Gasteiger partial charge on any atom is -0.461 e. The van der Waals surface area contributed by atoms with Crippen LogP contribution in [-0.2, 0) is 18.0 Å². The maximum absolute atomic E-state index is 9.02. The summed E-state index contributed by atoms with van der Waals surface area (Å²) < 4.78 is 11.2. The first-order valence-electron chi connectivity index (χ1n) is 4.95. The fraction of sp³-hybridized carbons (Fsp3) is 0.545. The molecule has 0 radical (unpaired) electrons. The number of aliphatic hydroxyl groups excluding tert-OH is 1. The third kappa shape index (κ3) is 1.96. The van der Waals surface area contributed by atoms with Gasteiger partial charge in [-0.05, 0) is 13.0 Å². The van der Waals surface area contributed by atoms with Gasteiger partial charge in [0.25, 0.3) is 0 Å². The van der Waals surface area contributed by atoms with Gasteiger partial charge in [0.1, 0.15) is 5.75 Å². The number of hydrogen-bond donors (Lipinski definition) is 1. The van der Waals surface area contributed by atoms with E-state index in [1.807, 2.05) is 26.8 Å². The molecule has 0 atom stereocenters. The Hall–Kier alpha value is -1.13. The highest BCUT2D eigenvalue weighted by Crippen LogP contribution is 2.33. The number of aryl methyl sites for hydroxylation is 1. The van der Waals surface area contributed by atoms with Crippen LogP contribution >= 0.6 is 0 Å². The van der Waals surface area contributed by atoms with Gasteiger partial charge in [-0.1, -0.05) is 0 Å². The van der Waals surface area contributed by atoms with E-state index in [-0.39, 0.29) is 6.61 Å². The van der Waals surface area contributed by atoms with Gasteiger partial charge < -0.3 is 14.6 Å². The molecule has 4 heteroatoms. The average molecular weight is 209 g/mol. The second kappa shape index (κ2) is 3.47. The van der Waals surface area contributed by atoms with Crippen LogP contribution in [0.4, 0.5) is 0 Å². The van der Waals surface area contributed by atoms with E-state index in [0.29, 0.717) is 12.3 Å². The van der Waals surface area contributed by atoms with Gasteiger partial charge >= 0.3 is 0 Å². The molecule has 0 amide bonds. The molecule has 15 heavy (non-hydrogen) atoms. The highest BCUT2D eigenvalue weighted by atomic mass is 16.7. The van der Waals surface area contributed by atoms with E-state index < -0.39 is 5.79 Å². The Kier molecular flexibility index (Phi) is 2.40. The lowest BCUT2D eigenvalue weighted by molar-refractivity contribution is -0.180. The molecule has 1 aliphatic heterocycles. The molecule has 1 aliphatic rings. The smallest absolute Gasteiger partial charge is 0.205 e. The third-order valence-corrected chi connectivity index (χ3v) is 2.36. The second-order valence-corrected chi connectivity index (χ2v) is 4.14. The van der Waals surface area contributed by atoms with Gasteiger partial charge in [-0.3, -0.25) is 4.98 Å². The molecule has 1 aromatic heterocycles. The number of pyridine rings is 1. The van der Waals surface area contributed by atoms with Crippen molar-refractivity contribution in [2.45, 2.75) is 39.8 Å². The van der Waals surface area contributed by atoms with Crippen molar-refractivity contribution in [3.63, 3.8) is 0 Å². The van der Waals surface area contributed by atoms with Crippen LogP contribution in [0.25, 0.3) is 0 Å². The van der Waals surface area contributed by atoms with Gasteiger partial charge in [-0.2, -0.15) is 0 Å².